The van der Waals surface area contributed by atoms with Crippen LogP contribution in [-0.2, 0) is 4.74 Å². The molecule has 0 amide bonds. The van der Waals surface area contributed by atoms with Crippen LogP contribution in [0.25, 0.3) is 0 Å². The molecular formula is C21H31ClN2O. The van der Waals surface area contributed by atoms with Gasteiger partial charge in [-0.3, -0.25) is 9.88 Å². The largest absolute Gasteiger partial charge is 0.357 e. The first-order valence-electron chi connectivity index (χ1n) is 9.32. The minimum Gasteiger partial charge on any atom is -0.357 e. The summed E-state index contributed by atoms with van der Waals surface area (Å²) in [6, 6.07) is 4.68. The minimum absolute atomic E-state index is 0. The number of halogens is 1. The van der Waals surface area contributed by atoms with Crippen LogP contribution in [0, 0.1) is 11.8 Å². The van der Waals surface area contributed by atoms with Crippen LogP contribution in [0.2, 0.25) is 0 Å². The van der Waals surface area contributed by atoms with Gasteiger partial charge in [0.15, 0.2) is 0 Å². The molecule has 2 unspecified atom stereocenters. The molecule has 0 saturated carbocycles. The summed E-state index contributed by atoms with van der Waals surface area (Å²) in [7, 11) is 0. The van der Waals surface area contributed by atoms with Crippen molar-refractivity contribution in [2.24, 2.45) is 0 Å². The van der Waals surface area contributed by atoms with Gasteiger partial charge in [-0.05, 0) is 71.0 Å². The second kappa shape index (κ2) is 8.54. The molecule has 1 aromatic rings. The van der Waals surface area contributed by atoms with E-state index < -0.39 is 0 Å². The normalized spacial score (nSPS) is 29.2. The fourth-order valence-corrected chi connectivity index (χ4v) is 4.11. The molecule has 2 atom stereocenters. The molecule has 2 aliphatic rings. The van der Waals surface area contributed by atoms with Crippen molar-refractivity contribution >= 4 is 12.4 Å². The second-order valence-electron chi connectivity index (χ2n) is 8.02. The van der Waals surface area contributed by atoms with Crippen LogP contribution in [0.4, 0.5) is 0 Å². The van der Waals surface area contributed by atoms with Crippen LogP contribution < -0.4 is 0 Å². The molecule has 3 heterocycles. The molecule has 25 heavy (non-hydrogen) atoms. The summed E-state index contributed by atoms with van der Waals surface area (Å²) < 4.78 is 6.26. The number of piperidine rings is 1. The average molecular weight is 363 g/mol. The van der Waals surface area contributed by atoms with Gasteiger partial charge in [0.25, 0.3) is 0 Å². The lowest BCUT2D eigenvalue weighted by Gasteiger charge is -2.40. The van der Waals surface area contributed by atoms with Crippen molar-refractivity contribution in [3.8, 4) is 11.8 Å². The van der Waals surface area contributed by atoms with Gasteiger partial charge in [-0.15, -0.1) is 12.4 Å². The molecule has 0 bridgehead atoms. The van der Waals surface area contributed by atoms with E-state index in [9.17, 15) is 0 Å². The second-order valence-corrected chi connectivity index (χ2v) is 8.02. The topological polar surface area (TPSA) is 25.4 Å². The highest BCUT2D eigenvalue weighted by Gasteiger charge is 2.36. The predicted octanol–water partition coefficient (Wildman–Crippen LogP) is 4.77. The Morgan fingerprint density at radius 3 is 2.80 bits per heavy atom. The third kappa shape index (κ3) is 5.45. The number of pyridine rings is 1. The predicted molar refractivity (Wildman–Crippen MR) is 105 cm³/mol. The van der Waals surface area contributed by atoms with E-state index in [1.807, 2.05) is 18.5 Å². The fraction of sp³-hybridized carbons (Fsp3) is 0.667. The van der Waals surface area contributed by atoms with Crippen molar-refractivity contribution in [2.45, 2.75) is 76.5 Å². The zero-order valence-corrected chi connectivity index (χ0v) is 16.6. The summed E-state index contributed by atoms with van der Waals surface area (Å²) in [5.41, 5.74) is 0.979. The Kier molecular flexibility index (Phi) is 6.91. The van der Waals surface area contributed by atoms with E-state index >= 15 is 0 Å². The van der Waals surface area contributed by atoms with E-state index in [1.165, 1.54) is 31.2 Å². The SMILES string of the molecule is CC1(C)CCCC(C)(C#CCN2CCCCC2c2cccnc2)O1.Cl. The number of nitrogens with zero attached hydrogens (tertiary/aromatic N) is 2. The monoisotopic (exact) mass is 362 g/mol. The number of hydrogen-bond donors (Lipinski definition) is 0. The molecule has 0 aromatic carbocycles. The van der Waals surface area contributed by atoms with E-state index in [4.69, 9.17) is 4.74 Å². The van der Waals surface area contributed by atoms with Crippen LogP contribution in [0.5, 0.6) is 0 Å². The third-order valence-corrected chi connectivity index (χ3v) is 5.25. The highest BCUT2D eigenvalue weighted by molar-refractivity contribution is 5.85. The number of aromatic nitrogens is 1. The smallest absolute Gasteiger partial charge is 0.126 e. The summed E-state index contributed by atoms with van der Waals surface area (Å²) in [5.74, 6) is 6.88. The van der Waals surface area contributed by atoms with Gasteiger partial charge in [0, 0.05) is 18.4 Å². The van der Waals surface area contributed by atoms with E-state index in [-0.39, 0.29) is 23.6 Å². The summed E-state index contributed by atoms with van der Waals surface area (Å²) in [6.45, 7) is 8.44. The molecule has 2 saturated heterocycles. The highest BCUT2D eigenvalue weighted by atomic mass is 35.5. The Hall–Kier alpha value is -1.08. The molecule has 3 rings (SSSR count). The summed E-state index contributed by atoms with van der Waals surface area (Å²) in [6.07, 6.45) is 11.0. The molecule has 1 aromatic heterocycles. The summed E-state index contributed by atoms with van der Waals surface area (Å²) in [4.78, 5) is 6.80. The van der Waals surface area contributed by atoms with Crippen LogP contribution in [-0.4, -0.2) is 34.2 Å². The van der Waals surface area contributed by atoms with Crippen molar-refractivity contribution in [2.75, 3.05) is 13.1 Å². The fourth-order valence-electron chi connectivity index (χ4n) is 4.11. The zero-order chi connectivity index (χ0) is 17.0. The average Bonchev–Trinajstić information content (AvgIpc) is 2.55. The molecular weight excluding hydrogens is 332 g/mol. The molecule has 4 heteroatoms. The standard InChI is InChI=1S/C21H30N2O.ClH/c1-20(2)11-7-12-21(3,24-20)13-8-16-23-15-5-4-10-19(23)18-9-6-14-22-17-18;/h6,9,14,17,19H,4-5,7,10-12,15-16H2,1-3H3;1H. The van der Waals surface area contributed by atoms with E-state index in [1.54, 1.807) is 0 Å². The van der Waals surface area contributed by atoms with Gasteiger partial charge >= 0.3 is 0 Å². The Morgan fingerprint density at radius 1 is 1.24 bits per heavy atom. The first-order chi connectivity index (χ1) is 11.5. The highest BCUT2D eigenvalue weighted by Crippen LogP contribution is 2.34. The lowest BCUT2D eigenvalue weighted by atomic mass is 9.88. The number of ether oxygens (including phenoxy) is 1. The van der Waals surface area contributed by atoms with Gasteiger partial charge in [0.05, 0.1) is 12.1 Å². The molecule has 2 fully saturated rings. The zero-order valence-electron chi connectivity index (χ0n) is 15.8. The Morgan fingerprint density at radius 2 is 2.08 bits per heavy atom. The van der Waals surface area contributed by atoms with Gasteiger partial charge in [-0.1, -0.05) is 24.3 Å². The van der Waals surface area contributed by atoms with Gasteiger partial charge in [0.1, 0.15) is 5.60 Å². The molecule has 138 valence electrons. The lowest BCUT2D eigenvalue weighted by Crippen LogP contribution is -2.42. The van der Waals surface area contributed by atoms with Crippen molar-refractivity contribution in [3.05, 3.63) is 30.1 Å². The van der Waals surface area contributed by atoms with Gasteiger partial charge in [0.2, 0.25) is 0 Å². The summed E-state index contributed by atoms with van der Waals surface area (Å²) in [5, 5.41) is 0. The first-order valence-corrected chi connectivity index (χ1v) is 9.32. The lowest BCUT2D eigenvalue weighted by molar-refractivity contribution is -0.135. The van der Waals surface area contributed by atoms with Crippen molar-refractivity contribution in [3.63, 3.8) is 0 Å². The van der Waals surface area contributed by atoms with E-state index in [0.717, 1.165) is 25.9 Å². The molecule has 0 radical (unpaired) electrons. The van der Waals surface area contributed by atoms with E-state index in [0.29, 0.717) is 6.04 Å². The Bertz CT molecular complexity index is 607. The van der Waals surface area contributed by atoms with Gasteiger partial charge < -0.3 is 4.74 Å². The quantitative estimate of drug-likeness (QED) is 0.708. The maximum absolute atomic E-state index is 6.26. The van der Waals surface area contributed by atoms with Crippen LogP contribution in [0.15, 0.2) is 24.5 Å². The van der Waals surface area contributed by atoms with Gasteiger partial charge in [-0.25, -0.2) is 0 Å². The minimum atomic E-state index is -0.290. The number of likely N-dealkylation sites (tertiary alicyclic amines) is 1. The third-order valence-electron chi connectivity index (χ3n) is 5.25. The van der Waals surface area contributed by atoms with Crippen LogP contribution in [0.3, 0.4) is 0 Å². The molecule has 0 aliphatic carbocycles. The molecule has 3 nitrogen and oxygen atoms in total. The van der Waals surface area contributed by atoms with Crippen LogP contribution >= 0.6 is 12.4 Å². The van der Waals surface area contributed by atoms with Crippen molar-refractivity contribution < 1.29 is 4.74 Å². The van der Waals surface area contributed by atoms with E-state index in [2.05, 4.69) is 48.6 Å². The van der Waals surface area contributed by atoms with Crippen LogP contribution in [0.1, 0.15) is 70.9 Å². The Labute approximate surface area is 159 Å². The Balaban J connectivity index is 0.00000225. The summed E-state index contributed by atoms with van der Waals surface area (Å²) >= 11 is 0. The first kappa shape index (κ1) is 20.2. The van der Waals surface area contributed by atoms with Crippen molar-refractivity contribution in [1.29, 1.82) is 0 Å². The maximum Gasteiger partial charge on any atom is 0.126 e. The molecule has 2 aliphatic heterocycles. The molecule has 0 N–H and O–H groups in total. The molecule has 0 spiro atoms. The van der Waals surface area contributed by atoms with Gasteiger partial charge in [-0.2, -0.15) is 0 Å². The number of hydrogen-bond acceptors (Lipinski definition) is 3. The number of rotatable bonds is 2. The maximum atomic E-state index is 6.26. The van der Waals surface area contributed by atoms with Crippen molar-refractivity contribution in [1.82, 2.24) is 9.88 Å².